The first-order chi connectivity index (χ1) is 8.51. The molecule has 1 amide bonds. The van der Waals surface area contributed by atoms with E-state index in [0.29, 0.717) is 0 Å². The van der Waals surface area contributed by atoms with Crippen molar-refractivity contribution in [1.29, 1.82) is 0 Å². The number of carbonyl (C=O) groups excluding carboxylic acids is 1. The van der Waals surface area contributed by atoms with E-state index < -0.39 is 43.2 Å². The van der Waals surface area contributed by atoms with Gasteiger partial charge in [0.1, 0.15) is 24.4 Å². The molecule has 6 N–H and O–H groups in total. The maximum absolute atomic E-state index is 11.4. The van der Waals surface area contributed by atoms with Crippen LogP contribution in [0.1, 0.15) is 12.8 Å². The average Bonchev–Trinajstić information content (AvgIpc) is 2.36. The Morgan fingerprint density at radius 2 is 1.83 bits per heavy atom. The molecule has 0 aromatic rings. The molecular weight excluding hydrogens is 246 g/mol. The molecule has 106 valence electrons. The van der Waals surface area contributed by atoms with Crippen LogP contribution < -0.4 is 5.32 Å². The van der Waals surface area contributed by atoms with E-state index in [1.54, 1.807) is 0 Å². The highest BCUT2D eigenvalue weighted by Crippen LogP contribution is 2.19. The van der Waals surface area contributed by atoms with Crippen molar-refractivity contribution in [2.24, 2.45) is 0 Å². The fourth-order valence-electron chi connectivity index (χ4n) is 1.75. The molecule has 0 radical (unpaired) electrons. The monoisotopic (exact) mass is 265 g/mol. The van der Waals surface area contributed by atoms with Gasteiger partial charge < -0.3 is 35.6 Å². The van der Waals surface area contributed by atoms with Gasteiger partial charge in [-0.1, -0.05) is 0 Å². The van der Waals surface area contributed by atoms with E-state index in [0.717, 1.165) is 0 Å². The zero-order valence-corrected chi connectivity index (χ0v) is 9.77. The molecule has 1 aliphatic heterocycles. The van der Waals surface area contributed by atoms with E-state index in [4.69, 9.17) is 14.9 Å². The molecule has 1 heterocycles. The summed E-state index contributed by atoms with van der Waals surface area (Å²) in [5.74, 6) is -0.481. The Morgan fingerprint density at radius 3 is 2.39 bits per heavy atom. The minimum absolute atomic E-state index is 0.0337. The Balaban J connectivity index is 2.57. The van der Waals surface area contributed by atoms with Crippen LogP contribution in [0.25, 0.3) is 0 Å². The van der Waals surface area contributed by atoms with Crippen molar-refractivity contribution >= 4 is 5.91 Å². The fourth-order valence-corrected chi connectivity index (χ4v) is 1.75. The number of carbonyl (C=O) groups is 1. The molecule has 0 bridgehead atoms. The summed E-state index contributed by atoms with van der Waals surface area (Å²) in [7, 11) is 0. The minimum Gasteiger partial charge on any atom is -0.396 e. The molecular formula is C10H19NO7. The van der Waals surface area contributed by atoms with E-state index in [1.165, 1.54) is 0 Å². The number of rotatable bonds is 5. The van der Waals surface area contributed by atoms with E-state index in [1.807, 2.05) is 0 Å². The molecule has 0 aliphatic carbocycles. The van der Waals surface area contributed by atoms with Crippen LogP contribution >= 0.6 is 0 Å². The van der Waals surface area contributed by atoms with Crippen LogP contribution in [0.15, 0.2) is 0 Å². The third-order valence-corrected chi connectivity index (χ3v) is 2.79. The van der Waals surface area contributed by atoms with Crippen LogP contribution in [0.5, 0.6) is 0 Å². The highest BCUT2D eigenvalue weighted by molar-refractivity contribution is 5.76. The van der Waals surface area contributed by atoms with Crippen molar-refractivity contribution in [2.75, 3.05) is 13.2 Å². The smallest absolute Gasteiger partial charge is 0.220 e. The quantitative estimate of drug-likeness (QED) is 0.305. The summed E-state index contributed by atoms with van der Waals surface area (Å²) in [5.41, 5.74) is 0. The average molecular weight is 265 g/mol. The van der Waals surface area contributed by atoms with E-state index in [-0.39, 0.29) is 19.4 Å². The molecule has 1 saturated heterocycles. The maximum atomic E-state index is 11.4. The maximum Gasteiger partial charge on any atom is 0.220 e. The van der Waals surface area contributed by atoms with Crippen LogP contribution in [0.4, 0.5) is 0 Å². The molecule has 0 aromatic carbocycles. The fraction of sp³-hybridized carbons (Fsp3) is 0.900. The van der Waals surface area contributed by atoms with Gasteiger partial charge in [0.2, 0.25) is 5.91 Å². The van der Waals surface area contributed by atoms with Crippen LogP contribution in [-0.2, 0) is 9.53 Å². The van der Waals surface area contributed by atoms with Crippen molar-refractivity contribution in [3.63, 3.8) is 0 Å². The number of aliphatic hydroxyl groups excluding tert-OH is 5. The van der Waals surface area contributed by atoms with Gasteiger partial charge in [0.05, 0.1) is 6.61 Å². The van der Waals surface area contributed by atoms with Crippen LogP contribution in [-0.4, -0.2) is 75.3 Å². The highest BCUT2D eigenvalue weighted by Gasteiger charge is 2.44. The Kier molecular flexibility index (Phi) is 5.93. The second-order valence-electron chi connectivity index (χ2n) is 4.15. The van der Waals surface area contributed by atoms with Crippen molar-refractivity contribution in [3.8, 4) is 0 Å². The summed E-state index contributed by atoms with van der Waals surface area (Å²) in [4.78, 5) is 11.4. The Bertz CT molecular complexity index is 275. The van der Waals surface area contributed by atoms with Crippen molar-refractivity contribution < 1.29 is 35.1 Å². The number of nitrogens with one attached hydrogen (secondary N) is 1. The van der Waals surface area contributed by atoms with Gasteiger partial charge in [0, 0.05) is 13.0 Å². The summed E-state index contributed by atoms with van der Waals surface area (Å²) < 4.78 is 4.87. The third-order valence-electron chi connectivity index (χ3n) is 2.79. The minimum atomic E-state index is -1.52. The van der Waals surface area contributed by atoms with Gasteiger partial charge in [0.25, 0.3) is 0 Å². The summed E-state index contributed by atoms with van der Waals surface area (Å²) >= 11 is 0. The number of amides is 1. The second kappa shape index (κ2) is 6.98. The molecule has 0 spiro atoms. The van der Waals surface area contributed by atoms with E-state index in [9.17, 15) is 20.1 Å². The standard InChI is InChI=1S/C10H19NO7/c12-3-1-2-6(14)11-7-9(16)8(15)5(4-13)18-10(7)17/h5,7-10,12-13,15-17H,1-4H2,(H,11,14)/t5-,7-,8-,9-,10-/m1/s1. The normalized spacial score (nSPS) is 36.4. The molecule has 0 saturated carbocycles. The van der Waals surface area contributed by atoms with Gasteiger partial charge in [-0.3, -0.25) is 4.79 Å². The van der Waals surface area contributed by atoms with Gasteiger partial charge in [-0.25, -0.2) is 0 Å². The first-order valence-electron chi connectivity index (χ1n) is 5.72. The van der Waals surface area contributed by atoms with Crippen molar-refractivity contribution in [1.82, 2.24) is 5.32 Å². The second-order valence-corrected chi connectivity index (χ2v) is 4.15. The summed E-state index contributed by atoms with van der Waals surface area (Å²) in [5, 5.41) is 48.6. The molecule has 1 aliphatic rings. The van der Waals surface area contributed by atoms with Gasteiger partial charge >= 0.3 is 0 Å². The van der Waals surface area contributed by atoms with Gasteiger partial charge in [-0.05, 0) is 6.42 Å². The Labute approximate surface area is 104 Å². The summed E-state index contributed by atoms with van der Waals surface area (Å²) in [6, 6.07) is -1.17. The van der Waals surface area contributed by atoms with Crippen molar-refractivity contribution in [2.45, 2.75) is 43.5 Å². The molecule has 0 unspecified atom stereocenters. The van der Waals surface area contributed by atoms with Gasteiger partial charge in [-0.2, -0.15) is 0 Å². The number of hydrogen-bond acceptors (Lipinski definition) is 7. The predicted octanol–water partition coefficient (Wildman–Crippen LogP) is -3.32. The zero-order valence-electron chi connectivity index (χ0n) is 9.77. The lowest BCUT2D eigenvalue weighted by Crippen LogP contribution is -2.64. The van der Waals surface area contributed by atoms with E-state index in [2.05, 4.69) is 5.32 Å². The molecule has 0 aromatic heterocycles. The molecule has 1 fully saturated rings. The Hall–Kier alpha value is -0.770. The SMILES string of the molecule is O=C(CCCO)N[C@@H]1[C@@H](O)[C@H](O)[C@@H](CO)O[C@H]1O. The molecule has 8 heteroatoms. The van der Waals surface area contributed by atoms with Crippen LogP contribution in [0, 0.1) is 0 Å². The largest absolute Gasteiger partial charge is 0.396 e. The molecule has 8 nitrogen and oxygen atoms in total. The molecule has 18 heavy (non-hydrogen) atoms. The predicted molar refractivity (Wildman–Crippen MR) is 58.2 cm³/mol. The van der Waals surface area contributed by atoms with Crippen LogP contribution in [0.3, 0.4) is 0 Å². The van der Waals surface area contributed by atoms with Gasteiger partial charge in [0.15, 0.2) is 6.29 Å². The Morgan fingerprint density at radius 1 is 1.17 bits per heavy atom. The van der Waals surface area contributed by atoms with E-state index >= 15 is 0 Å². The first kappa shape index (κ1) is 15.3. The lowest BCUT2D eigenvalue weighted by molar-refractivity contribution is -0.253. The zero-order chi connectivity index (χ0) is 13.7. The molecule has 1 rings (SSSR count). The lowest BCUT2D eigenvalue weighted by Gasteiger charge is -2.40. The first-order valence-corrected chi connectivity index (χ1v) is 5.72. The number of hydrogen-bond donors (Lipinski definition) is 6. The molecule has 5 atom stereocenters. The summed E-state index contributed by atoms with van der Waals surface area (Å²) in [6.45, 7) is -0.699. The third kappa shape index (κ3) is 3.61. The van der Waals surface area contributed by atoms with Crippen LogP contribution in [0.2, 0.25) is 0 Å². The highest BCUT2D eigenvalue weighted by atomic mass is 16.6. The number of ether oxygens (including phenoxy) is 1. The topological polar surface area (TPSA) is 139 Å². The summed E-state index contributed by atoms with van der Waals surface area (Å²) in [6.07, 6.45) is -5.16. The van der Waals surface area contributed by atoms with Gasteiger partial charge in [-0.15, -0.1) is 0 Å². The number of aliphatic hydroxyl groups is 5. The van der Waals surface area contributed by atoms with Crippen molar-refractivity contribution in [3.05, 3.63) is 0 Å². The lowest BCUT2D eigenvalue weighted by atomic mass is 9.97.